The van der Waals surface area contributed by atoms with Crippen molar-refractivity contribution in [3.63, 3.8) is 0 Å². The molecule has 1 fully saturated rings. The van der Waals surface area contributed by atoms with Crippen LogP contribution in [0.2, 0.25) is 10.0 Å². The quantitative estimate of drug-likeness (QED) is 0.765. The Morgan fingerprint density at radius 2 is 2.05 bits per heavy atom. The van der Waals surface area contributed by atoms with Crippen molar-refractivity contribution in [1.82, 2.24) is 5.32 Å². The molecule has 112 valence electrons. The number of hydrogen-bond acceptors (Lipinski definition) is 2. The molecule has 2 aromatic rings. The minimum Gasteiger partial charge on any atom is -0.348 e. The smallest absolute Gasteiger partial charge is 0.263 e. The van der Waals surface area contributed by atoms with Crippen LogP contribution >= 0.6 is 34.5 Å². The predicted octanol–water partition coefficient (Wildman–Crippen LogP) is 5.52. The lowest BCUT2D eigenvalue weighted by Crippen LogP contribution is -2.40. The van der Waals surface area contributed by atoms with Crippen LogP contribution in [-0.4, -0.2) is 11.9 Å². The molecule has 1 heterocycles. The van der Waals surface area contributed by atoms with Crippen molar-refractivity contribution in [2.75, 3.05) is 0 Å². The van der Waals surface area contributed by atoms with Crippen molar-refractivity contribution >= 4 is 50.5 Å². The standard InChI is InChI=1S/C16H17Cl2NOS/c1-9-4-2-3-5-12(9)19-16(20)15-14(18)11-7-6-10(17)8-13(11)21-15/h6-9,12H,2-5H2,1H3,(H,19,20)/t9-,12-/m0/s1. The normalized spacial score (nSPS) is 22.4. The summed E-state index contributed by atoms with van der Waals surface area (Å²) in [5, 5.41) is 5.25. The maximum atomic E-state index is 12.5. The van der Waals surface area contributed by atoms with E-state index in [1.165, 1.54) is 30.6 Å². The summed E-state index contributed by atoms with van der Waals surface area (Å²) in [4.78, 5) is 13.1. The minimum atomic E-state index is -0.0592. The summed E-state index contributed by atoms with van der Waals surface area (Å²) in [5.74, 6) is 0.473. The van der Waals surface area contributed by atoms with Crippen molar-refractivity contribution in [3.8, 4) is 0 Å². The van der Waals surface area contributed by atoms with Crippen molar-refractivity contribution in [2.45, 2.75) is 38.6 Å². The molecule has 0 saturated heterocycles. The molecule has 0 bridgehead atoms. The fourth-order valence-electron chi connectivity index (χ4n) is 2.95. The lowest BCUT2D eigenvalue weighted by molar-refractivity contribution is 0.0914. The van der Waals surface area contributed by atoms with Gasteiger partial charge in [-0.3, -0.25) is 4.79 Å². The fraction of sp³-hybridized carbons (Fsp3) is 0.438. The highest BCUT2D eigenvalue weighted by Crippen LogP contribution is 2.37. The van der Waals surface area contributed by atoms with Gasteiger partial charge in [-0.05, 0) is 30.9 Å². The first-order valence-electron chi connectivity index (χ1n) is 7.24. The van der Waals surface area contributed by atoms with E-state index in [-0.39, 0.29) is 11.9 Å². The number of hydrogen-bond donors (Lipinski definition) is 1. The number of thiophene rings is 1. The number of rotatable bonds is 2. The van der Waals surface area contributed by atoms with Gasteiger partial charge in [0.2, 0.25) is 0 Å². The van der Waals surface area contributed by atoms with Crippen molar-refractivity contribution < 1.29 is 4.79 Å². The van der Waals surface area contributed by atoms with E-state index in [1.807, 2.05) is 12.1 Å². The zero-order valence-electron chi connectivity index (χ0n) is 11.8. The molecule has 1 aromatic heterocycles. The van der Waals surface area contributed by atoms with E-state index in [0.717, 1.165) is 16.5 Å². The molecular formula is C16H17Cl2NOS. The third-order valence-corrected chi connectivity index (χ3v) is 6.12. The first-order chi connectivity index (χ1) is 10.1. The summed E-state index contributed by atoms with van der Waals surface area (Å²) in [5.41, 5.74) is 0. The Labute approximate surface area is 138 Å². The minimum absolute atomic E-state index is 0.0592. The van der Waals surface area contributed by atoms with Crippen molar-refractivity contribution in [3.05, 3.63) is 33.1 Å². The second kappa shape index (κ2) is 6.15. The van der Waals surface area contributed by atoms with Gasteiger partial charge >= 0.3 is 0 Å². The van der Waals surface area contributed by atoms with Crippen LogP contribution in [0.15, 0.2) is 18.2 Å². The predicted molar refractivity (Wildman–Crippen MR) is 90.7 cm³/mol. The molecule has 0 spiro atoms. The number of carbonyl (C=O) groups is 1. The van der Waals surface area contributed by atoms with E-state index in [9.17, 15) is 4.79 Å². The number of halogens is 2. The van der Waals surface area contributed by atoms with Crippen molar-refractivity contribution in [2.24, 2.45) is 5.92 Å². The van der Waals surface area contributed by atoms with Crippen LogP contribution in [0.25, 0.3) is 10.1 Å². The summed E-state index contributed by atoms with van der Waals surface area (Å²) >= 11 is 13.8. The van der Waals surface area contributed by atoms with Crippen LogP contribution < -0.4 is 5.32 Å². The molecule has 1 N–H and O–H groups in total. The highest BCUT2D eigenvalue weighted by atomic mass is 35.5. The SMILES string of the molecule is C[C@H]1CCCC[C@@H]1NC(=O)c1sc2cc(Cl)ccc2c1Cl. The van der Waals surface area contributed by atoms with Crippen LogP contribution in [0.5, 0.6) is 0 Å². The zero-order chi connectivity index (χ0) is 15.0. The number of nitrogens with one attached hydrogen (secondary N) is 1. The average Bonchev–Trinajstić information content (AvgIpc) is 2.78. The Morgan fingerprint density at radius 3 is 2.81 bits per heavy atom. The van der Waals surface area contributed by atoms with Crippen LogP contribution in [-0.2, 0) is 0 Å². The Hall–Kier alpha value is -0.770. The summed E-state index contributed by atoms with van der Waals surface area (Å²) in [7, 11) is 0. The van der Waals surface area contributed by atoms with Crippen LogP contribution in [0.4, 0.5) is 0 Å². The van der Waals surface area contributed by atoms with Gasteiger partial charge in [-0.15, -0.1) is 11.3 Å². The van der Waals surface area contributed by atoms with E-state index in [4.69, 9.17) is 23.2 Å². The van der Waals surface area contributed by atoms with Gasteiger partial charge in [0.05, 0.1) is 5.02 Å². The molecule has 0 unspecified atom stereocenters. The molecule has 1 amide bonds. The largest absolute Gasteiger partial charge is 0.348 e. The number of fused-ring (bicyclic) bond motifs is 1. The molecular weight excluding hydrogens is 325 g/mol. The number of amides is 1. The molecule has 1 aliphatic rings. The van der Waals surface area contributed by atoms with Gasteiger partial charge in [0.1, 0.15) is 4.88 Å². The van der Waals surface area contributed by atoms with Gasteiger partial charge in [-0.1, -0.05) is 49.0 Å². The first-order valence-corrected chi connectivity index (χ1v) is 8.82. The van der Waals surface area contributed by atoms with E-state index < -0.39 is 0 Å². The van der Waals surface area contributed by atoms with Crippen molar-refractivity contribution in [1.29, 1.82) is 0 Å². The third kappa shape index (κ3) is 3.05. The monoisotopic (exact) mass is 341 g/mol. The highest BCUT2D eigenvalue weighted by Gasteiger charge is 2.25. The van der Waals surface area contributed by atoms with E-state index in [1.54, 1.807) is 6.07 Å². The van der Waals surface area contributed by atoms with E-state index in [0.29, 0.717) is 20.8 Å². The van der Waals surface area contributed by atoms with Gasteiger partial charge in [-0.25, -0.2) is 0 Å². The van der Waals surface area contributed by atoms with Gasteiger partial charge < -0.3 is 5.32 Å². The zero-order valence-corrected chi connectivity index (χ0v) is 14.1. The molecule has 21 heavy (non-hydrogen) atoms. The average molecular weight is 342 g/mol. The Bertz CT molecular complexity index is 682. The number of benzene rings is 1. The Kier molecular flexibility index (Phi) is 4.43. The molecule has 1 aliphatic carbocycles. The lowest BCUT2D eigenvalue weighted by atomic mass is 9.86. The van der Waals surface area contributed by atoms with Gasteiger partial charge in [0, 0.05) is 21.2 Å². The summed E-state index contributed by atoms with van der Waals surface area (Å²) in [6.07, 6.45) is 4.68. The molecule has 5 heteroatoms. The Balaban J connectivity index is 1.85. The second-order valence-corrected chi connectivity index (χ2v) is 7.59. The Morgan fingerprint density at radius 1 is 1.29 bits per heavy atom. The second-order valence-electron chi connectivity index (χ2n) is 5.73. The third-order valence-electron chi connectivity index (χ3n) is 4.23. The van der Waals surface area contributed by atoms with Gasteiger partial charge in [0.25, 0.3) is 5.91 Å². The van der Waals surface area contributed by atoms with Crippen LogP contribution in [0.3, 0.4) is 0 Å². The maximum Gasteiger partial charge on any atom is 0.263 e. The molecule has 3 rings (SSSR count). The van der Waals surface area contributed by atoms with Gasteiger partial charge in [-0.2, -0.15) is 0 Å². The summed E-state index contributed by atoms with van der Waals surface area (Å²) < 4.78 is 0.953. The molecule has 0 aliphatic heterocycles. The van der Waals surface area contributed by atoms with Crippen LogP contribution in [0.1, 0.15) is 42.3 Å². The maximum absolute atomic E-state index is 12.5. The molecule has 1 aromatic carbocycles. The summed E-state index contributed by atoms with van der Waals surface area (Å²) in [6.45, 7) is 2.20. The molecule has 2 atom stereocenters. The van der Waals surface area contributed by atoms with E-state index >= 15 is 0 Å². The highest BCUT2D eigenvalue weighted by molar-refractivity contribution is 7.21. The van der Waals surface area contributed by atoms with Gasteiger partial charge in [0.15, 0.2) is 0 Å². The first kappa shape index (κ1) is 15.1. The summed E-state index contributed by atoms with van der Waals surface area (Å²) in [6, 6.07) is 5.79. The lowest BCUT2D eigenvalue weighted by Gasteiger charge is -2.29. The van der Waals surface area contributed by atoms with E-state index in [2.05, 4.69) is 12.2 Å². The molecule has 2 nitrogen and oxygen atoms in total. The van der Waals surface area contributed by atoms with Crippen LogP contribution in [0, 0.1) is 5.92 Å². The topological polar surface area (TPSA) is 29.1 Å². The fourth-order valence-corrected chi connectivity index (χ4v) is 4.65. The number of carbonyl (C=O) groups excluding carboxylic acids is 1. The molecule has 1 saturated carbocycles. The molecule has 0 radical (unpaired) electrons.